The van der Waals surface area contributed by atoms with E-state index in [1.54, 1.807) is 24.3 Å². The second kappa shape index (κ2) is 9.63. The first kappa shape index (κ1) is 17.8. The maximum absolute atomic E-state index is 10.7. The van der Waals surface area contributed by atoms with Crippen LogP contribution in [0.25, 0.3) is 0 Å². The molecule has 0 unspecified atom stereocenters. The summed E-state index contributed by atoms with van der Waals surface area (Å²) in [5, 5.41) is 0. The lowest BCUT2D eigenvalue weighted by atomic mass is 10.1. The number of hydrogen-bond donors (Lipinski definition) is 0. The van der Waals surface area contributed by atoms with Gasteiger partial charge in [0.15, 0.2) is 0 Å². The van der Waals surface area contributed by atoms with Crippen molar-refractivity contribution in [3.63, 3.8) is 0 Å². The fourth-order valence-electron chi connectivity index (χ4n) is 1.87. The van der Waals surface area contributed by atoms with Crippen LogP contribution in [0.5, 0.6) is 0 Å². The Hall–Kier alpha value is -1.27. The molecule has 118 valence electrons. The fraction of sp³-hybridized carbons (Fsp3) is 0.562. The van der Waals surface area contributed by atoms with Crippen LogP contribution in [0.3, 0.4) is 0 Å². The molecule has 0 aliphatic heterocycles. The smallest absolute Gasteiger partial charge is 0.311 e. The van der Waals surface area contributed by atoms with Crippen LogP contribution >= 0.6 is 0 Å². The second-order valence-electron chi connectivity index (χ2n) is 4.52. The highest BCUT2D eigenvalue weighted by Gasteiger charge is 2.33. The first-order valence-corrected chi connectivity index (χ1v) is 7.10. The Bertz CT molecular complexity index is 398. The van der Waals surface area contributed by atoms with E-state index >= 15 is 0 Å². The Morgan fingerprint density at radius 1 is 1.05 bits per heavy atom. The predicted molar refractivity (Wildman–Crippen MR) is 79.2 cm³/mol. The van der Waals surface area contributed by atoms with Crippen LogP contribution in [0.15, 0.2) is 24.3 Å². The van der Waals surface area contributed by atoms with Gasteiger partial charge in [-0.1, -0.05) is 37.6 Å². The van der Waals surface area contributed by atoms with Crippen molar-refractivity contribution in [3.05, 3.63) is 35.4 Å². The van der Waals surface area contributed by atoms with Gasteiger partial charge >= 0.3 is 5.97 Å². The zero-order valence-electron chi connectivity index (χ0n) is 13.0. The lowest BCUT2D eigenvalue weighted by molar-refractivity contribution is -0.376. The van der Waals surface area contributed by atoms with Crippen LogP contribution in [0.1, 0.15) is 35.7 Å². The van der Waals surface area contributed by atoms with E-state index in [0.29, 0.717) is 24.3 Å². The number of aldehydes is 1. The van der Waals surface area contributed by atoms with Crippen LogP contribution in [0.4, 0.5) is 0 Å². The molecule has 0 atom stereocenters. The number of carbonyl (C=O) groups is 1. The number of unbranched alkanes of at least 4 members (excludes halogenated alkanes) is 1. The van der Waals surface area contributed by atoms with Crippen molar-refractivity contribution in [3.8, 4) is 0 Å². The summed E-state index contributed by atoms with van der Waals surface area (Å²) in [6.07, 6.45) is 2.92. The Morgan fingerprint density at radius 3 is 2.24 bits per heavy atom. The molecule has 1 aromatic rings. The molecule has 0 bridgehead atoms. The van der Waals surface area contributed by atoms with Crippen LogP contribution in [-0.2, 0) is 24.9 Å². The molecule has 0 amide bonds. The van der Waals surface area contributed by atoms with Gasteiger partial charge in [-0.05, 0) is 6.42 Å². The van der Waals surface area contributed by atoms with E-state index in [9.17, 15) is 4.79 Å². The van der Waals surface area contributed by atoms with Gasteiger partial charge in [-0.2, -0.15) is 0 Å². The summed E-state index contributed by atoms with van der Waals surface area (Å²) in [7, 11) is 3.02. The van der Waals surface area contributed by atoms with Gasteiger partial charge in [0, 0.05) is 32.0 Å². The summed E-state index contributed by atoms with van der Waals surface area (Å²) in [5.74, 6) is -1.28. The molecule has 0 radical (unpaired) electrons. The summed E-state index contributed by atoms with van der Waals surface area (Å²) in [6, 6.07) is 6.87. The lowest BCUT2D eigenvalue weighted by Crippen LogP contribution is -2.35. The first-order chi connectivity index (χ1) is 10.2. The summed E-state index contributed by atoms with van der Waals surface area (Å²) in [4.78, 5) is 10.7. The largest absolute Gasteiger partial charge is 0.379 e. The van der Waals surface area contributed by atoms with E-state index < -0.39 is 5.97 Å². The standard InChI is InChI=1S/C16H24O5/c1-4-5-10-20-11-12-21-16(18-2,19-3)15-8-6-14(13-17)7-9-15/h6-9,13H,4-5,10-12H2,1-3H3. The second-order valence-corrected chi connectivity index (χ2v) is 4.52. The molecular weight excluding hydrogens is 272 g/mol. The summed E-state index contributed by atoms with van der Waals surface area (Å²) in [6.45, 7) is 3.66. The van der Waals surface area contributed by atoms with Crippen LogP contribution in [0, 0.1) is 0 Å². The molecule has 5 nitrogen and oxygen atoms in total. The highest BCUT2D eigenvalue weighted by molar-refractivity contribution is 5.74. The number of ether oxygens (including phenoxy) is 4. The molecule has 0 aromatic heterocycles. The molecule has 21 heavy (non-hydrogen) atoms. The summed E-state index contributed by atoms with van der Waals surface area (Å²) < 4.78 is 21.9. The average molecular weight is 296 g/mol. The highest BCUT2D eigenvalue weighted by Crippen LogP contribution is 2.27. The van der Waals surface area contributed by atoms with Crippen molar-refractivity contribution in [2.45, 2.75) is 25.7 Å². The molecule has 1 rings (SSSR count). The van der Waals surface area contributed by atoms with Gasteiger partial charge in [-0.25, -0.2) is 0 Å². The van der Waals surface area contributed by atoms with Gasteiger partial charge in [-0.3, -0.25) is 4.79 Å². The first-order valence-electron chi connectivity index (χ1n) is 7.10. The highest BCUT2D eigenvalue weighted by atomic mass is 16.9. The number of hydrogen-bond acceptors (Lipinski definition) is 5. The Labute approximate surface area is 126 Å². The molecule has 0 spiro atoms. The number of methoxy groups -OCH3 is 2. The molecule has 0 aliphatic rings. The Morgan fingerprint density at radius 2 is 1.71 bits per heavy atom. The maximum Gasteiger partial charge on any atom is 0.311 e. The maximum atomic E-state index is 10.7. The lowest BCUT2D eigenvalue weighted by Gasteiger charge is -2.30. The molecule has 0 saturated carbocycles. The zero-order chi connectivity index (χ0) is 15.6. The Balaban J connectivity index is 2.61. The molecule has 0 fully saturated rings. The SMILES string of the molecule is CCCCOCCOC(OC)(OC)c1ccc(C=O)cc1. The van der Waals surface area contributed by atoms with Gasteiger partial charge in [0.1, 0.15) is 6.29 Å². The number of carbonyl (C=O) groups excluding carboxylic acids is 1. The van der Waals surface area contributed by atoms with Crippen molar-refractivity contribution >= 4 is 6.29 Å². The predicted octanol–water partition coefficient (Wildman–Crippen LogP) is 2.74. The van der Waals surface area contributed by atoms with Gasteiger partial charge in [0.25, 0.3) is 0 Å². The average Bonchev–Trinajstić information content (AvgIpc) is 2.55. The van der Waals surface area contributed by atoms with Crippen molar-refractivity contribution in [1.82, 2.24) is 0 Å². The van der Waals surface area contributed by atoms with E-state index in [0.717, 1.165) is 25.7 Å². The van der Waals surface area contributed by atoms with Gasteiger partial charge in [0.05, 0.1) is 13.2 Å². The summed E-state index contributed by atoms with van der Waals surface area (Å²) in [5.41, 5.74) is 1.27. The van der Waals surface area contributed by atoms with Gasteiger partial charge in [-0.15, -0.1) is 0 Å². The minimum absolute atomic E-state index is 0.348. The molecule has 0 heterocycles. The quantitative estimate of drug-likeness (QED) is 0.357. The third-order valence-corrected chi connectivity index (χ3v) is 3.10. The van der Waals surface area contributed by atoms with Crippen molar-refractivity contribution in [2.75, 3.05) is 34.0 Å². The molecule has 1 aromatic carbocycles. The topological polar surface area (TPSA) is 54.0 Å². The molecule has 0 N–H and O–H groups in total. The zero-order valence-corrected chi connectivity index (χ0v) is 13.0. The van der Waals surface area contributed by atoms with E-state index in [1.807, 2.05) is 0 Å². The molecule has 0 aliphatic carbocycles. The van der Waals surface area contributed by atoms with E-state index in [4.69, 9.17) is 18.9 Å². The Kier molecular flexibility index (Phi) is 8.15. The van der Waals surface area contributed by atoms with Crippen LogP contribution in [-0.4, -0.2) is 40.3 Å². The minimum Gasteiger partial charge on any atom is -0.379 e. The number of benzene rings is 1. The van der Waals surface area contributed by atoms with E-state index in [-0.39, 0.29) is 0 Å². The van der Waals surface area contributed by atoms with Crippen molar-refractivity contribution < 1.29 is 23.7 Å². The normalized spacial score (nSPS) is 11.6. The fourth-order valence-corrected chi connectivity index (χ4v) is 1.87. The monoisotopic (exact) mass is 296 g/mol. The number of rotatable bonds is 11. The van der Waals surface area contributed by atoms with Gasteiger partial charge in [0.2, 0.25) is 0 Å². The molecular formula is C16H24O5. The third-order valence-electron chi connectivity index (χ3n) is 3.10. The minimum atomic E-state index is -1.28. The van der Waals surface area contributed by atoms with Crippen LogP contribution < -0.4 is 0 Å². The summed E-state index contributed by atoms with van der Waals surface area (Å²) >= 11 is 0. The molecule has 5 heteroatoms. The van der Waals surface area contributed by atoms with Crippen molar-refractivity contribution in [1.29, 1.82) is 0 Å². The van der Waals surface area contributed by atoms with E-state index in [2.05, 4.69) is 6.92 Å². The van der Waals surface area contributed by atoms with E-state index in [1.165, 1.54) is 14.2 Å². The third kappa shape index (κ3) is 5.21. The van der Waals surface area contributed by atoms with Gasteiger partial charge < -0.3 is 18.9 Å². The van der Waals surface area contributed by atoms with Crippen LogP contribution in [0.2, 0.25) is 0 Å². The van der Waals surface area contributed by atoms with Crippen molar-refractivity contribution in [2.24, 2.45) is 0 Å². The molecule has 0 saturated heterocycles.